The van der Waals surface area contributed by atoms with Crippen molar-refractivity contribution in [2.45, 2.75) is 6.92 Å². The number of benzene rings is 3. The van der Waals surface area contributed by atoms with Gasteiger partial charge in [0.2, 0.25) is 0 Å². The zero-order valence-corrected chi connectivity index (χ0v) is 13.9. The number of hydrogen-bond donors (Lipinski definition) is 0. The topological polar surface area (TPSA) is 35.3 Å². The van der Waals surface area contributed by atoms with E-state index in [2.05, 4.69) is 31.2 Å². The van der Waals surface area contributed by atoms with E-state index in [4.69, 9.17) is 10.1 Å². The van der Waals surface area contributed by atoms with Crippen LogP contribution in [0, 0.1) is 6.92 Å². The minimum Gasteiger partial charge on any atom is -0.356 e. The molecule has 4 nitrogen and oxygen atoms in total. The molecule has 0 fully saturated rings. The van der Waals surface area contributed by atoms with Crippen LogP contribution >= 0.6 is 0 Å². The summed E-state index contributed by atoms with van der Waals surface area (Å²) in [6.45, 7) is 2.08. The summed E-state index contributed by atoms with van der Waals surface area (Å²) in [5.41, 5.74) is 4.76. The smallest absolute Gasteiger partial charge is 0.138 e. The van der Waals surface area contributed by atoms with Gasteiger partial charge in [-0.3, -0.25) is 0 Å². The molecule has 0 bridgehead atoms. The zero-order chi connectivity index (χ0) is 17.1. The summed E-state index contributed by atoms with van der Waals surface area (Å²) < 4.78 is 3.85. The Bertz CT molecular complexity index is 1030. The Kier molecular flexibility index (Phi) is 4.01. The van der Waals surface area contributed by atoms with Gasteiger partial charge >= 0.3 is 0 Å². The molecular formula is C21H18N4. The maximum atomic E-state index is 4.71. The molecule has 0 atom stereocenters. The fourth-order valence-electron chi connectivity index (χ4n) is 2.62. The van der Waals surface area contributed by atoms with Gasteiger partial charge in [0.05, 0.1) is 5.62 Å². The second kappa shape index (κ2) is 6.61. The molecule has 0 aliphatic heterocycles. The quantitative estimate of drug-likeness (QED) is 0.532. The highest BCUT2D eigenvalue weighted by molar-refractivity contribution is 5.36. The maximum absolute atomic E-state index is 4.71. The Morgan fingerprint density at radius 2 is 1.44 bits per heavy atom. The summed E-state index contributed by atoms with van der Waals surface area (Å²) in [6, 6.07) is 28.3. The molecule has 0 N–H and O–H groups in total. The van der Waals surface area contributed by atoms with E-state index < -0.39 is 0 Å². The molecule has 3 aromatic carbocycles. The van der Waals surface area contributed by atoms with E-state index in [1.165, 1.54) is 5.56 Å². The third-order valence-electron chi connectivity index (χ3n) is 3.96. The fourth-order valence-corrected chi connectivity index (χ4v) is 2.62. The normalized spacial score (nSPS) is 11.6. The van der Waals surface area contributed by atoms with Crippen LogP contribution in [-0.2, 0) is 0 Å². The molecule has 0 aliphatic carbocycles. The van der Waals surface area contributed by atoms with Crippen LogP contribution in [0.5, 0.6) is 0 Å². The number of hydrogen-bond acceptors (Lipinski definition) is 1. The summed E-state index contributed by atoms with van der Waals surface area (Å²) in [4.78, 5) is 4.71. The van der Waals surface area contributed by atoms with E-state index >= 15 is 0 Å². The van der Waals surface area contributed by atoms with Crippen molar-refractivity contribution in [2.75, 3.05) is 0 Å². The molecule has 25 heavy (non-hydrogen) atoms. The number of aryl methyl sites for hydroxylation is 1. The first-order valence-electron chi connectivity index (χ1n) is 8.20. The van der Waals surface area contributed by atoms with Gasteiger partial charge in [0.1, 0.15) is 12.0 Å². The van der Waals surface area contributed by atoms with E-state index in [1.807, 2.05) is 76.2 Å². The minimum atomic E-state index is 0.637. The molecule has 4 rings (SSSR count). The van der Waals surface area contributed by atoms with Crippen molar-refractivity contribution in [3.05, 3.63) is 102 Å². The van der Waals surface area contributed by atoms with Crippen LogP contribution in [0.25, 0.3) is 11.4 Å². The van der Waals surface area contributed by atoms with E-state index in [0.717, 1.165) is 17.1 Å². The van der Waals surface area contributed by atoms with Crippen LogP contribution in [0.4, 0.5) is 5.69 Å². The second-order valence-corrected chi connectivity index (χ2v) is 5.85. The third-order valence-corrected chi connectivity index (χ3v) is 3.96. The van der Waals surface area contributed by atoms with Crippen molar-refractivity contribution >= 4 is 5.69 Å². The average Bonchev–Trinajstić information content (AvgIpc) is 3.08. The maximum Gasteiger partial charge on any atom is 0.138 e. The summed E-state index contributed by atoms with van der Waals surface area (Å²) in [7, 11) is 0. The Labute approximate surface area is 146 Å². The van der Waals surface area contributed by atoms with Crippen LogP contribution < -0.4 is 15.4 Å². The molecule has 1 aromatic heterocycles. The van der Waals surface area contributed by atoms with Gasteiger partial charge in [-0.05, 0) is 30.4 Å². The molecule has 1 heterocycles. The summed E-state index contributed by atoms with van der Waals surface area (Å²) in [5, 5.41) is 4.69. The van der Waals surface area contributed by atoms with Crippen LogP contribution in [0.1, 0.15) is 5.56 Å². The van der Waals surface area contributed by atoms with Crippen molar-refractivity contribution in [2.24, 2.45) is 4.99 Å². The molecule has 0 amide bonds. The molecule has 4 heteroatoms. The van der Waals surface area contributed by atoms with Crippen molar-refractivity contribution in [1.82, 2.24) is 9.67 Å². The van der Waals surface area contributed by atoms with Crippen molar-refractivity contribution in [3.8, 4) is 11.4 Å². The number of nitrogens with zero attached hydrogens (tertiary/aromatic N) is 4. The highest BCUT2D eigenvalue weighted by Gasteiger charge is 2.03. The highest BCUT2D eigenvalue weighted by Crippen LogP contribution is 2.09. The molecule has 0 saturated carbocycles. The molecule has 0 spiro atoms. The first-order valence-corrected chi connectivity index (χ1v) is 8.20. The van der Waals surface area contributed by atoms with Gasteiger partial charge in [-0.1, -0.05) is 78.4 Å². The Morgan fingerprint density at radius 1 is 0.800 bits per heavy atom. The van der Waals surface area contributed by atoms with E-state index in [1.54, 1.807) is 0 Å². The predicted molar refractivity (Wildman–Crippen MR) is 97.0 cm³/mol. The zero-order valence-electron chi connectivity index (χ0n) is 13.9. The molecule has 4 aromatic rings. The van der Waals surface area contributed by atoms with Gasteiger partial charge in [0.15, 0.2) is 0 Å². The standard InChI is InChI=1S/C21H18N4/c1-17-12-14-20(15-13-17)25-16-24(19-10-6-3-7-11-19)21(23-25)22-18-8-4-2-5-9-18/h2-16H,1H3. The summed E-state index contributed by atoms with van der Waals surface area (Å²) in [5.74, 6) is 0. The van der Waals surface area contributed by atoms with Gasteiger partial charge < -0.3 is 9.56 Å². The monoisotopic (exact) mass is 326 g/mol. The minimum absolute atomic E-state index is 0.637. The lowest BCUT2D eigenvalue weighted by Gasteiger charge is -2.06. The van der Waals surface area contributed by atoms with E-state index in [9.17, 15) is 0 Å². The summed E-state index contributed by atoms with van der Waals surface area (Å²) >= 11 is 0. The largest absolute Gasteiger partial charge is 0.356 e. The molecule has 122 valence electrons. The number of aromatic nitrogens is 3. The van der Waals surface area contributed by atoms with Gasteiger partial charge in [0, 0.05) is 0 Å². The van der Waals surface area contributed by atoms with Crippen LogP contribution in [0.15, 0.2) is 96.2 Å². The highest BCUT2D eigenvalue weighted by atomic mass is 15.4. The summed E-state index contributed by atoms with van der Waals surface area (Å²) in [6.07, 6.45) is 1.96. The van der Waals surface area contributed by atoms with Gasteiger partial charge in [0.25, 0.3) is 0 Å². The Hall–Kier alpha value is -3.40. The first-order chi connectivity index (χ1) is 12.3. The van der Waals surface area contributed by atoms with E-state index in [-0.39, 0.29) is 0 Å². The molecule has 0 saturated heterocycles. The molecule has 0 unspecified atom stereocenters. The van der Waals surface area contributed by atoms with E-state index in [0.29, 0.717) is 5.62 Å². The fraction of sp³-hybridized carbons (Fsp3) is 0.0476. The number of para-hydroxylation sites is 2. The molecular weight excluding hydrogens is 308 g/mol. The van der Waals surface area contributed by atoms with Gasteiger partial charge in [-0.15, -0.1) is 0 Å². The Balaban J connectivity index is 1.89. The second-order valence-electron chi connectivity index (χ2n) is 5.85. The van der Waals surface area contributed by atoms with Crippen molar-refractivity contribution in [3.63, 3.8) is 0 Å². The van der Waals surface area contributed by atoms with Crippen LogP contribution in [0.3, 0.4) is 0 Å². The Morgan fingerprint density at radius 3 is 2.12 bits per heavy atom. The average molecular weight is 326 g/mol. The van der Waals surface area contributed by atoms with Crippen LogP contribution in [0.2, 0.25) is 0 Å². The van der Waals surface area contributed by atoms with Crippen molar-refractivity contribution in [1.29, 1.82) is 0 Å². The lowest BCUT2D eigenvalue weighted by molar-refractivity contribution is -0.663. The van der Waals surface area contributed by atoms with Gasteiger partial charge in [-0.25, -0.2) is 5.10 Å². The lowest BCUT2D eigenvalue weighted by Crippen LogP contribution is -2.36. The van der Waals surface area contributed by atoms with Crippen LogP contribution in [-0.4, -0.2) is 4.57 Å². The lowest BCUT2D eigenvalue weighted by atomic mass is 10.2. The van der Waals surface area contributed by atoms with Crippen molar-refractivity contribution < 1.29 is 4.68 Å². The molecule has 0 radical (unpaired) electrons. The molecule has 0 aliphatic rings. The third kappa shape index (κ3) is 3.28. The number of rotatable bonds is 3. The predicted octanol–water partition coefficient (Wildman–Crippen LogP) is 3.25. The van der Waals surface area contributed by atoms with Gasteiger partial charge in [-0.2, -0.15) is 4.68 Å². The first kappa shape index (κ1) is 15.1. The SMILES string of the molecule is Cc1ccc(-[n+]2cn(-c3ccccc3)c(=Nc3ccccc3)[n-]2)cc1.